The summed E-state index contributed by atoms with van der Waals surface area (Å²) in [5.74, 6) is -0.764. The van der Waals surface area contributed by atoms with Crippen LogP contribution in [0, 0.1) is 3.57 Å². The van der Waals surface area contributed by atoms with Gasteiger partial charge in [-0.05, 0) is 89.5 Å². The number of rotatable bonds is 12. The molecule has 0 heterocycles. The van der Waals surface area contributed by atoms with Crippen LogP contribution in [0.2, 0.25) is 5.02 Å². The number of nitrogens with zero attached hydrogens (tertiary/aromatic N) is 2. The smallest absolute Gasteiger partial charge is 0.264 e. The molecule has 0 radical (unpaired) electrons. The second-order valence-corrected chi connectivity index (χ2v) is 12.2. The summed E-state index contributed by atoms with van der Waals surface area (Å²) < 4.78 is 29.5. The first kappa shape index (κ1) is 29.9. The third kappa shape index (κ3) is 7.70. The third-order valence-corrected chi connectivity index (χ3v) is 8.69. The van der Waals surface area contributed by atoms with E-state index < -0.39 is 28.5 Å². The fourth-order valence-electron chi connectivity index (χ4n) is 3.93. The van der Waals surface area contributed by atoms with Crippen LogP contribution in [-0.2, 0) is 26.2 Å². The molecular weight excluding hydrogens is 637 g/mol. The van der Waals surface area contributed by atoms with E-state index >= 15 is 0 Å². The molecule has 1 atom stereocenters. The number of hydrogen-bond donors (Lipinski definition) is 1. The molecule has 38 heavy (non-hydrogen) atoms. The number of halogens is 2. The summed E-state index contributed by atoms with van der Waals surface area (Å²) in [6.45, 7) is 3.92. The van der Waals surface area contributed by atoms with Gasteiger partial charge in [-0.1, -0.05) is 55.8 Å². The summed E-state index contributed by atoms with van der Waals surface area (Å²) in [5.41, 5.74) is 1.13. The molecule has 7 nitrogen and oxygen atoms in total. The van der Waals surface area contributed by atoms with E-state index in [1.165, 1.54) is 17.0 Å². The lowest BCUT2D eigenvalue weighted by Gasteiger charge is -2.33. The summed E-state index contributed by atoms with van der Waals surface area (Å²) in [4.78, 5) is 28.5. The molecule has 0 bridgehead atoms. The van der Waals surface area contributed by atoms with Gasteiger partial charge in [0.1, 0.15) is 12.6 Å². The van der Waals surface area contributed by atoms with Gasteiger partial charge in [0.2, 0.25) is 11.8 Å². The molecule has 0 fully saturated rings. The number of benzene rings is 3. The zero-order valence-electron chi connectivity index (χ0n) is 21.3. The highest BCUT2D eigenvalue weighted by atomic mass is 127. The topological polar surface area (TPSA) is 86.8 Å². The van der Waals surface area contributed by atoms with Crippen LogP contribution in [0.5, 0.6) is 0 Å². The molecule has 10 heteroatoms. The van der Waals surface area contributed by atoms with E-state index in [1.54, 1.807) is 66.7 Å². The summed E-state index contributed by atoms with van der Waals surface area (Å²) >= 11 is 8.18. The zero-order valence-corrected chi connectivity index (χ0v) is 25.0. The number of carbonyl (C=O) groups is 2. The lowest BCUT2D eigenvalue weighted by Crippen LogP contribution is -2.52. The van der Waals surface area contributed by atoms with Crippen molar-refractivity contribution in [1.82, 2.24) is 10.2 Å². The van der Waals surface area contributed by atoms with Gasteiger partial charge in [-0.3, -0.25) is 13.9 Å². The van der Waals surface area contributed by atoms with Gasteiger partial charge in [0.05, 0.1) is 10.6 Å². The molecule has 202 valence electrons. The van der Waals surface area contributed by atoms with Crippen molar-refractivity contribution in [2.75, 3.05) is 17.4 Å². The van der Waals surface area contributed by atoms with Gasteiger partial charge >= 0.3 is 0 Å². The number of carbonyl (C=O) groups excluding carboxylic acids is 2. The summed E-state index contributed by atoms with van der Waals surface area (Å²) in [6, 6.07) is 21.1. The summed E-state index contributed by atoms with van der Waals surface area (Å²) in [7, 11) is -4.08. The van der Waals surface area contributed by atoms with Gasteiger partial charge in [0.25, 0.3) is 10.0 Å². The van der Waals surface area contributed by atoms with Crippen LogP contribution < -0.4 is 9.62 Å². The minimum Gasteiger partial charge on any atom is -0.354 e. The number of anilines is 1. The predicted octanol–water partition coefficient (Wildman–Crippen LogP) is 5.47. The van der Waals surface area contributed by atoms with E-state index in [-0.39, 0.29) is 17.3 Å². The molecule has 0 saturated carbocycles. The van der Waals surface area contributed by atoms with E-state index in [0.717, 1.165) is 19.9 Å². The Morgan fingerprint density at radius 2 is 1.58 bits per heavy atom. The van der Waals surface area contributed by atoms with Gasteiger partial charge in [0.15, 0.2) is 0 Å². The second kappa shape index (κ2) is 14.0. The van der Waals surface area contributed by atoms with Crippen molar-refractivity contribution in [2.45, 2.75) is 44.2 Å². The fraction of sp³-hybridized carbons (Fsp3) is 0.286. The maximum atomic E-state index is 13.9. The van der Waals surface area contributed by atoms with Crippen molar-refractivity contribution in [3.8, 4) is 0 Å². The molecule has 2 amide bonds. The second-order valence-electron chi connectivity index (χ2n) is 8.66. The minimum absolute atomic E-state index is 0.0725. The normalized spacial score (nSPS) is 12.0. The van der Waals surface area contributed by atoms with Crippen LogP contribution in [0.1, 0.15) is 32.3 Å². The highest BCUT2D eigenvalue weighted by Crippen LogP contribution is 2.25. The van der Waals surface area contributed by atoms with Crippen molar-refractivity contribution in [3.63, 3.8) is 0 Å². The molecule has 0 aliphatic rings. The minimum atomic E-state index is -4.08. The van der Waals surface area contributed by atoms with E-state index in [9.17, 15) is 18.0 Å². The summed E-state index contributed by atoms with van der Waals surface area (Å²) in [5, 5.41) is 3.43. The maximum absolute atomic E-state index is 13.9. The van der Waals surface area contributed by atoms with Crippen LogP contribution >= 0.6 is 34.2 Å². The highest BCUT2D eigenvalue weighted by Gasteiger charge is 2.33. The molecule has 0 spiro atoms. The van der Waals surface area contributed by atoms with Crippen LogP contribution in [-0.4, -0.2) is 44.3 Å². The fourth-order valence-corrected chi connectivity index (χ4v) is 5.85. The van der Waals surface area contributed by atoms with Crippen molar-refractivity contribution in [3.05, 3.63) is 93.0 Å². The first-order valence-electron chi connectivity index (χ1n) is 12.3. The van der Waals surface area contributed by atoms with Crippen molar-refractivity contribution < 1.29 is 18.0 Å². The molecule has 3 aromatic rings. The summed E-state index contributed by atoms with van der Waals surface area (Å²) in [6.07, 6.45) is 1.12. The standard InChI is InChI=1S/C28H31ClIN3O4S/c1-3-18-31-28(35)26(4-2)32(19-21-10-12-22(29)13-11-21)27(34)20-33(24-16-14-23(30)15-17-24)38(36,37)25-8-6-5-7-9-25/h5-17,26H,3-4,18-20H2,1-2H3,(H,31,35)/t26-/m1/s1. The number of hydrogen-bond acceptors (Lipinski definition) is 4. The molecular formula is C28H31ClIN3O4S. The lowest BCUT2D eigenvalue weighted by molar-refractivity contribution is -0.140. The van der Waals surface area contributed by atoms with Crippen molar-refractivity contribution in [2.24, 2.45) is 0 Å². The average Bonchev–Trinajstić information content (AvgIpc) is 2.92. The van der Waals surface area contributed by atoms with E-state index in [4.69, 9.17) is 11.6 Å². The number of amides is 2. The van der Waals surface area contributed by atoms with Gasteiger partial charge in [-0.2, -0.15) is 0 Å². The Morgan fingerprint density at radius 1 is 0.947 bits per heavy atom. The SMILES string of the molecule is CCCNC(=O)[C@@H](CC)N(Cc1ccc(Cl)cc1)C(=O)CN(c1ccc(I)cc1)S(=O)(=O)c1ccccc1. The lowest BCUT2D eigenvalue weighted by atomic mass is 10.1. The average molecular weight is 668 g/mol. The molecule has 0 saturated heterocycles. The van der Waals surface area contributed by atoms with Crippen molar-refractivity contribution in [1.29, 1.82) is 0 Å². The first-order valence-corrected chi connectivity index (χ1v) is 15.2. The van der Waals surface area contributed by atoms with Crippen LogP contribution in [0.15, 0.2) is 83.8 Å². The van der Waals surface area contributed by atoms with Crippen molar-refractivity contribution >= 4 is 61.7 Å². The Bertz CT molecular complexity index is 1320. The Balaban J connectivity index is 2.02. The third-order valence-electron chi connectivity index (χ3n) is 5.93. The Kier molecular flexibility index (Phi) is 11.0. The molecule has 0 unspecified atom stereocenters. The largest absolute Gasteiger partial charge is 0.354 e. The Morgan fingerprint density at radius 3 is 2.16 bits per heavy atom. The Labute approximate surface area is 243 Å². The molecule has 0 aliphatic carbocycles. The maximum Gasteiger partial charge on any atom is 0.264 e. The quantitative estimate of drug-likeness (QED) is 0.260. The van der Waals surface area contributed by atoms with E-state index in [0.29, 0.717) is 23.7 Å². The van der Waals surface area contributed by atoms with Gasteiger partial charge < -0.3 is 10.2 Å². The van der Waals surface area contributed by atoms with Gasteiger partial charge in [-0.25, -0.2) is 8.42 Å². The molecule has 0 aliphatic heterocycles. The number of nitrogens with one attached hydrogen (secondary N) is 1. The van der Waals surface area contributed by atoms with Crippen LogP contribution in [0.25, 0.3) is 0 Å². The van der Waals surface area contributed by atoms with E-state index in [1.807, 2.05) is 13.8 Å². The first-order chi connectivity index (χ1) is 18.2. The number of sulfonamides is 1. The van der Waals surface area contributed by atoms with Gasteiger partial charge in [-0.15, -0.1) is 0 Å². The molecule has 3 rings (SSSR count). The monoisotopic (exact) mass is 667 g/mol. The van der Waals surface area contributed by atoms with E-state index in [2.05, 4.69) is 27.9 Å². The zero-order chi connectivity index (χ0) is 27.7. The molecule has 3 aromatic carbocycles. The predicted molar refractivity (Wildman–Crippen MR) is 160 cm³/mol. The highest BCUT2D eigenvalue weighted by molar-refractivity contribution is 14.1. The molecule has 1 N–H and O–H groups in total. The Hall–Kier alpha value is -2.63. The van der Waals surface area contributed by atoms with Gasteiger partial charge in [0, 0.05) is 21.7 Å². The van der Waals surface area contributed by atoms with Crippen LogP contribution in [0.4, 0.5) is 5.69 Å². The van der Waals surface area contributed by atoms with Crippen LogP contribution in [0.3, 0.4) is 0 Å². The molecule has 0 aromatic heterocycles.